The molecule has 10 heteroatoms. The molecule has 0 spiro atoms. The van der Waals surface area contributed by atoms with E-state index >= 15 is 0 Å². The Morgan fingerprint density at radius 2 is 1.78 bits per heavy atom. The lowest BCUT2D eigenvalue weighted by atomic mass is 10.1. The van der Waals surface area contributed by atoms with Gasteiger partial charge in [-0.3, -0.25) is 10.2 Å². The second kappa shape index (κ2) is 7.86. The number of fused-ring (bicyclic) bond motifs is 1. The first-order valence-corrected chi connectivity index (χ1v) is 12.3. The Morgan fingerprint density at radius 3 is 2.41 bits per heavy atom. The van der Waals surface area contributed by atoms with E-state index in [0.29, 0.717) is 0 Å². The fraction of sp³-hybridized carbons (Fsp3) is 0.273. The summed E-state index contributed by atoms with van der Waals surface area (Å²) in [7, 11) is -3.75. The molecule has 4 rings (SSSR count). The molecule has 0 radical (unpaired) electrons. The van der Waals surface area contributed by atoms with Gasteiger partial charge in [0, 0.05) is 17.1 Å². The summed E-state index contributed by atoms with van der Waals surface area (Å²) in [4.78, 5) is 17.8. The minimum absolute atomic E-state index is 0.0204. The first-order valence-electron chi connectivity index (χ1n) is 10.0. The smallest absolute Gasteiger partial charge is 0.283 e. The first-order chi connectivity index (χ1) is 15.0. The number of aromatic nitrogens is 1. The van der Waals surface area contributed by atoms with Crippen molar-refractivity contribution in [2.24, 2.45) is 9.39 Å². The molecule has 0 aliphatic carbocycles. The number of nitrogens with one attached hydrogen (secondary N) is 1. The van der Waals surface area contributed by atoms with Gasteiger partial charge in [0.05, 0.1) is 22.8 Å². The highest BCUT2D eigenvalue weighted by Gasteiger charge is 2.43. The molecule has 2 aromatic rings. The number of aryl methyl sites for hydroxylation is 2. The molecule has 0 saturated carbocycles. The van der Waals surface area contributed by atoms with Gasteiger partial charge in [-0.15, -0.1) is 0 Å². The fourth-order valence-corrected chi connectivity index (χ4v) is 5.64. The largest absolute Gasteiger partial charge is 0.318 e. The number of hydrogen-bond acceptors (Lipinski definition) is 6. The van der Waals surface area contributed by atoms with Gasteiger partial charge in [-0.25, -0.2) is 13.3 Å². The summed E-state index contributed by atoms with van der Waals surface area (Å²) in [6.45, 7) is 9.03. The van der Waals surface area contributed by atoms with Gasteiger partial charge in [-0.05, 0) is 64.5 Å². The third kappa shape index (κ3) is 3.53. The van der Waals surface area contributed by atoms with Crippen LogP contribution in [0.4, 0.5) is 0 Å². The molecule has 2 aliphatic rings. The van der Waals surface area contributed by atoms with E-state index in [0.717, 1.165) is 45.0 Å². The normalized spacial score (nSPS) is 17.8. The van der Waals surface area contributed by atoms with Gasteiger partial charge >= 0.3 is 0 Å². The highest BCUT2D eigenvalue weighted by Crippen LogP contribution is 2.32. The predicted molar refractivity (Wildman–Crippen MR) is 129 cm³/mol. The van der Waals surface area contributed by atoms with Crippen LogP contribution in [0.3, 0.4) is 0 Å². The average Bonchev–Trinajstić information content (AvgIpc) is 3.27. The molecule has 1 N–H and O–H groups in total. The van der Waals surface area contributed by atoms with Gasteiger partial charge in [0.15, 0.2) is 0 Å². The predicted octanol–water partition coefficient (Wildman–Crippen LogP) is 3.80. The van der Waals surface area contributed by atoms with Crippen molar-refractivity contribution in [3.63, 3.8) is 0 Å². The molecule has 32 heavy (non-hydrogen) atoms. The maximum Gasteiger partial charge on any atom is 0.283 e. The lowest BCUT2D eigenvalue weighted by Crippen LogP contribution is -2.46. The highest BCUT2D eigenvalue weighted by molar-refractivity contribution is 8.16. The molecular weight excluding hydrogens is 446 g/mol. The van der Waals surface area contributed by atoms with Crippen LogP contribution in [-0.2, 0) is 14.6 Å². The summed E-state index contributed by atoms with van der Waals surface area (Å²) < 4.78 is 31.5. The lowest BCUT2D eigenvalue weighted by Gasteiger charge is -2.25. The third-order valence-electron chi connectivity index (χ3n) is 5.43. The van der Waals surface area contributed by atoms with E-state index in [1.54, 1.807) is 19.9 Å². The van der Waals surface area contributed by atoms with E-state index in [1.807, 2.05) is 51.1 Å². The van der Waals surface area contributed by atoms with Crippen LogP contribution in [0.1, 0.15) is 36.4 Å². The van der Waals surface area contributed by atoms with Gasteiger partial charge in [-0.1, -0.05) is 17.7 Å². The Kier molecular flexibility index (Phi) is 5.46. The highest BCUT2D eigenvalue weighted by atomic mass is 32.2. The van der Waals surface area contributed by atoms with Crippen molar-refractivity contribution < 1.29 is 13.2 Å². The van der Waals surface area contributed by atoms with E-state index in [2.05, 4.69) is 14.0 Å². The molecule has 8 nitrogen and oxygen atoms in total. The van der Waals surface area contributed by atoms with Crippen molar-refractivity contribution in [3.05, 3.63) is 58.4 Å². The Balaban J connectivity index is 1.77. The van der Waals surface area contributed by atoms with Crippen LogP contribution in [-0.4, -0.2) is 45.2 Å². The van der Waals surface area contributed by atoms with Crippen molar-refractivity contribution in [1.29, 1.82) is 5.41 Å². The number of aliphatic imine (C=N–C) groups is 1. The number of benzene rings is 1. The second-order valence-electron chi connectivity index (χ2n) is 8.00. The van der Waals surface area contributed by atoms with Crippen LogP contribution < -0.4 is 0 Å². The zero-order chi connectivity index (χ0) is 23.4. The number of nitrogens with zero attached hydrogens (tertiary/aromatic N) is 4. The van der Waals surface area contributed by atoms with Crippen LogP contribution in [0.15, 0.2) is 45.3 Å². The van der Waals surface area contributed by atoms with E-state index in [-0.39, 0.29) is 21.7 Å². The topological polar surface area (TPSA) is 108 Å². The van der Waals surface area contributed by atoms with E-state index < -0.39 is 21.0 Å². The summed E-state index contributed by atoms with van der Waals surface area (Å²) in [6.07, 6.45) is 1.60. The Bertz CT molecular complexity index is 1350. The third-order valence-corrected chi connectivity index (χ3v) is 8.27. The number of sulfone groups is 1. The summed E-state index contributed by atoms with van der Waals surface area (Å²) in [5.41, 5.74) is 4.80. The van der Waals surface area contributed by atoms with Crippen molar-refractivity contribution in [2.45, 2.75) is 39.9 Å². The zero-order valence-corrected chi connectivity index (χ0v) is 20.0. The molecule has 1 aromatic carbocycles. The maximum atomic E-state index is 12.7. The molecule has 0 saturated heterocycles. The van der Waals surface area contributed by atoms with Gasteiger partial charge in [0.25, 0.3) is 5.91 Å². The van der Waals surface area contributed by atoms with E-state index in [1.165, 1.54) is 0 Å². The SMILES string of the molecule is Cc1ccc(-n2c(C)cc(/C=C3/C(=N)N4C(=NC3=O)SN=C4S(=O)(=O)C(C)C)c2C)cc1. The first kappa shape index (κ1) is 22.2. The second-order valence-corrected chi connectivity index (χ2v) is 11.1. The van der Waals surface area contributed by atoms with E-state index in [9.17, 15) is 13.2 Å². The molecule has 1 amide bonds. The zero-order valence-electron chi connectivity index (χ0n) is 18.4. The number of rotatable bonds is 3. The van der Waals surface area contributed by atoms with Gasteiger partial charge in [0.2, 0.25) is 20.2 Å². The molecule has 0 atom stereocenters. The lowest BCUT2D eigenvalue weighted by molar-refractivity contribution is -0.114. The van der Waals surface area contributed by atoms with Crippen LogP contribution in [0.25, 0.3) is 11.8 Å². The van der Waals surface area contributed by atoms with Crippen molar-refractivity contribution in [2.75, 3.05) is 0 Å². The number of hydrogen-bond donors (Lipinski definition) is 1. The van der Waals surface area contributed by atoms with Crippen molar-refractivity contribution in [3.8, 4) is 5.69 Å². The fourth-order valence-electron chi connectivity index (χ4n) is 3.57. The Hall–Kier alpha value is -2.98. The summed E-state index contributed by atoms with van der Waals surface area (Å²) in [5.74, 6) is -0.833. The van der Waals surface area contributed by atoms with Gasteiger partial charge < -0.3 is 4.57 Å². The molecular formula is C22H23N5O3S2. The number of amides is 1. The van der Waals surface area contributed by atoms with Crippen LogP contribution in [0, 0.1) is 26.2 Å². The minimum atomic E-state index is -3.75. The molecule has 0 unspecified atom stereocenters. The average molecular weight is 470 g/mol. The van der Waals surface area contributed by atoms with Crippen LogP contribution in [0.5, 0.6) is 0 Å². The quantitative estimate of drug-likeness (QED) is 0.543. The summed E-state index contributed by atoms with van der Waals surface area (Å²) in [5, 5.41) is 7.72. The Morgan fingerprint density at radius 1 is 1.12 bits per heavy atom. The monoisotopic (exact) mass is 469 g/mol. The standard InChI is InChI=1S/C22H23N5O3S2/c1-12(2)32(29,30)22-25-31-21-24-20(28)18(19(23)27(21)22)11-16-10-14(4)26(15(16)5)17-8-6-13(3)7-9-17/h6-12,23H,1-5H3/b18-11-,23-19?. The number of amidine groups is 3. The molecule has 0 fully saturated rings. The van der Waals surface area contributed by atoms with Crippen LogP contribution in [0.2, 0.25) is 0 Å². The minimum Gasteiger partial charge on any atom is -0.318 e. The van der Waals surface area contributed by atoms with E-state index in [4.69, 9.17) is 5.41 Å². The Labute approximate surface area is 191 Å². The molecule has 3 heterocycles. The van der Waals surface area contributed by atoms with Crippen LogP contribution >= 0.6 is 11.9 Å². The molecule has 0 bridgehead atoms. The maximum absolute atomic E-state index is 12.7. The number of carbonyl (C=O) groups is 1. The van der Waals surface area contributed by atoms with Crippen molar-refractivity contribution >= 4 is 49.9 Å². The summed E-state index contributed by atoms with van der Waals surface area (Å²) >= 11 is 0.794. The number of carbonyl (C=O) groups excluding carboxylic acids is 1. The molecule has 2 aliphatic heterocycles. The summed E-state index contributed by atoms with van der Waals surface area (Å²) in [6, 6.07) is 10.0. The van der Waals surface area contributed by atoms with Gasteiger partial charge in [-0.2, -0.15) is 9.39 Å². The van der Waals surface area contributed by atoms with Crippen molar-refractivity contribution in [1.82, 2.24) is 9.47 Å². The molecule has 166 valence electrons. The van der Waals surface area contributed by atoms with Gasteiger partial charge in [0.1, 0.15) is 5.84 Å². The molecule has 1 aromatic heterocycles.